The van der Waals surface area contributed by atoms with Gasteiger partial charge in [0.2, 0.25) is 5.91 Å². The second-order valence-corrected chi connectivity index (χ2v) is 5.56. The van der Waals surface area contributed by atoms with Gasteiger partial charge in [-0.2, -0.15) is 0 Å². The fourth-order valence-corrected chi connectivity index (χ4v) is 2.35. The van der Waals surface area contributed by atoms with Gasteiger partial charge in [0.25, 0.3) is 0 Å². The molecule has 0 saturated carbocycles. The van der Waals surface area contributed by atoms with E-state index < -0.39 is 0 Å². The lowest BCUT2D eigenvalue weighted by Crippen LogP contribution is -2.16. The van der Waals surface area contributed by atoms with E-state index in [1.54, 1.807) is 6.07 Å². The molecule has 2 aromatic rings. The molecule has 0 spiro atoms. The van der Waals surface area contributed by atoms with E-state index in [0.717, 1.165) is 16.7 Å². The van der Waals surface area contributed by atoms with Crippen molar-refractivity contribution in [2.45, 2.75) is 13.3 Å². The van der Waals surface area contributed by atoms with Crippen molar-refractivity contribution in [3.8, 4) is 0 Å². The Labute approximate surface area is 134 Å². The Balaban J connectivity index is 2.06. The van der Waals surface area contributed by atoms with Crippen molar-refractivity contribution >= 4 is 40.4 Å². The number of halogens is 1. The summed E-state index contributed by atoms with van der Waals surface area (Å²) in [7, 11) is 0. The Morgan fingerprint density at radius 3 is 2.48 bits per heavy atom. The predicted molar refractivity (Wildman–Crippen MR) is 90.9 cm³/mol. The molecule has 0 radical (unpaired) electrons. The molecule has 0 heterocycles. The number of carbonyl (C=O) groups excluding carboxylic acids is 1. The van der Waals surface area contributed by atoms with E-state index in [-0.39, 0.29) is 12.3 Å². The van der Waals surface area contributed by atoms with Crippen molar-refractivity contribution < 1.29 is 4.79 Å². The number of anilines is 1. The third-order valence-electron chi connectivity index (χ3n) is 3.09. The van der Waals surface area contributed by atoms with Gasteiger partial charge in [-0.15, -0.1) is 0 Å². The summed E-state index contributed by atoms with van der Waals surface area (Å²) in [6.07, 6.45) is 0.266. The number of nitrogens with one attached hydrogen (secondary N) is 1. The second-order valence-electron chi connectivity index (χ2n) is 4.72. The quantitative estimate of drug-likeness (QED) is 0.849. The van der Waals surface area contributed by atoms with Crippen LogP contribution >= 0.6 is 23.8 Å². The fraction of sp³-hybridized carbons (Fsp3) is 0.125. The van der Waals surface area contributed by atoms with Gasteiger partial charge in [0.1, 0.15) is 4.99 Å². The molecule has 1 amide bonds. The van der Waals surface area contributed by atoms with Crippen molar-refractivity contribution in [1.29, 1.82) is 0 Å². The Kier molecular flexibility index (Phi) is 4.94. The molecule has 3 N–H and O–H groups in total. The minimum atomic E-state index is -0.116. The molecule has 2 aromatic carbocycles. The first kappa shape index (κ1) is 15.5. The summed E-state index contributed by atoms with van der Waals surface area (Å²) in [4.78, 5) is 12.4. The number of hydrogen-bond acceptors (Lipinski definition) is 2. The van der Waals surface area contributed by atoms with Crippen molar-refractivity contribution in [2.75, 3.05) is 5.32 Å². The normalized spacial score (nSPS) is 10.2. The van der Waals surface area contributed by atoms with Gasteiger partial charge in [0, 0.05) is 5.56 Å². The number of benzene rings is 2. The van der Waals surface area contributed by atoms with Gasteiger partial charge in [-0.1, -0.05) is 60.2 Å². The zero-order chi connectivity index (χ0) is 15.4. The molecule has 0 saturated heterocycles. The highest BCUT2D eigenvalue weighted by Crippen LogP contribution is 2.25. The van der Waals surface area contributed by atoms with Crippen LogP contribution in [0.5, 0.6) is 0 Å². The topological polar surface area (TPSA) is 55.1 Å². The maximum Gasteiger partial charge on any atom is 0.228 e. The average molecular weight is 319 g/mol. The van der Waals surface area contributed by atoms with Gasteiger partial charge in [-0.3, -0.25) is 4.79 Å². The summed E-state index contributed by atoms with van der Waals surface area (Å²) in [5.74, 6) is -0.116. The molecule has 0 aliphatic carbocycles. The molecule has 0 atom stereocenters. The van der Waals surface area contributed by atoms with Crippen LogP contribution < -0.4 is 11.1 Å². The first-order chi connectivity index (χ1) is 9.97. The molecule has 0 aliphatic heterocycles. The van der Waals surface area contributed by atoms with Gasteiger partial charge < -0.3 is 11.1 Å². The molecule has 2 rings (SSSR count). The van der Waals surface area contributed by atoms with Crippen LogP contribution in [0.25, 0.3) is 0 Å². The van der Waals surface area contributed by atoms with E-state index in [2.05, 4.69) is 5.32 Å². The van der Waals surface area contributed by atoms with Crippen LogP contribution in [0.3, 0.4) is 0 Å². The molecular formula is C16H15ClN2OS. The first-order valence-corrected chi connectivity index (χ1v) is 7.19. The molecule has 108 valence electrons. The minimum absolute atomic E-state index is 0.116. The Morgan fingerprint density at radius 1 is 1.24 bits per heavy atom. The number of hydrogen-bond donors (Lipinski definition) is 2. The van der Waals surface area contributed by atoms with E-state index >= 15 is 0 Å². The molecule has 5 heteroatoms. The van der Waals surface area contributed by atoms with Crippen LogP contribution in [0.2, 0.25) is 5.02 Å². The molecule has 0 unspecified atom stereocenters. The van der Waals surface area contributed by atoms with Crippen LogP contribution in [0.4, 0.5) is 5.69 Å². The van der Waals surface area contributed by atoms with Gasteiger partial charge in [-0.05, 0) is 24.1 Å². The van der Waals surface area contributed by atoms with E-state index in [9.17, 15) is 4.79 Å². The molecule has 3 nitrogen and oxygen atoms in total. The number of amides is 1. The molecule has 0 aromatic heterocycles. The Bertz CT molecular complexity index is 663. The number of aryl methyl sites for hydroxylation is 1. The van der Waals surface area contributed by atoms with Gasteiger partial charge in [0.15, 0.2) is 0 Å². The van der Waals surface area contributed by atoms with Crippen LogP contribution in [-0.4, -0.2) is 10.9 Å². The summed E-state index contributed by atoms with van der Waals surface area (Å²) in [6.45, 7) is 1.90. The van der Waals surface area contributed by atoms with Crippen molar-refractivity contribution in [3.05, 3.63) is 64.2 Å². The second kappa shape index (κ2) is 6.70. The summed E-state index contributed by atoms with van der Waals surface area (Å²) < 4.78 is 0. The molecule has 0 fully saturated rings. The summed E-state index contributed by atoms with van der Waals surface area (Å²) in [5.41, 5.74) is 8.80. The minimum Gasteiger partial charge on any atom is -0.389 e. The highest BCUT2D eigenvalue weighted by Gasteiger charge is 2.09. The lowest BCUT2D eigenvalue weighted by Gasteiger charge is -2.10. The number of para-hydroxylation sites is 1. The van der Waals surface area contributed by atoms with Crippen LogP contribution in [0, 0.1) is 6.92 Å². The van der Waals surface area contributed by atoms with E-state index in [0.29, 0.717) is 15.7 Å². The lowest BCUT2D eigenvalue weighted by atomic mass is 10.1. The van der Waals surface area contributed by atoms with Crippen LogP contribution in [0.15, 0.2) is 42.5 Å². The number of rotatable bonds is 4. The highest BCUT2D eigenvalue weighted by molar-refractivity contribution is 7.80. The number of carbonyl (C=O) groups is 1. The van der Waals surface area contributed by atoms with E-state index in [1.165, 1.54) is 0 Å². The molecule has 21 heavy (non-hydrogen) atoms. The Morgan fingerprint density at radius 2 is 1.90 bits per heavy atom. The van der Waals surface area contributed by atoms with Crippen molar-refractivity contribution in [2.24, 2.45) is 5.73 Å². The first-order valence-electron chi connectivity index (χ1n) is 6.41. The monoisotopic (exact) mass is 318 g/mol. The lowest BCUT2D eigenvalue weighted by molar-refractivity contribution is -0.115. The maximum absolute atomic E-state index is 12.1. The summed E-state index contributed by atoms with van der Waals surface area (Å²) >= 11 is 11.0. The standard InChI is InChI=1S/C16H15ClN2OS/c1-10-3-2-4-13(17)15(10)19-14(20)9-11-5-7-12(8-6-11)16(18)21/h2-8H,9H2,1H3,(H2,18,21)(H,19,20). The third-order valence-corrected chi connectivity index (χ3v) is 3.64. The van der Waals surface area contributed by atoms with Crippen molar-refractivity contribution in [1.82, 2.24) is 0 Å². The molecular weight excluding hydrogens is 304 g/mol. The zero-order valence-electron chi connectivity index (χ0n) is 11.5. The molecule has 0 bridgehead atoms. The molecule has 0 aliphatic rings. The zero-order valence-corrected chi connectivity index (χ0v) is 13.1. The smallest absolute Gasteiger partial charge is 0.228 e. The summed E-state index contributed by atoms with van der Waals surface area (Å²) in [6, 6.07) is 12.8. The number of thiocarbonyl (C=S) groups is 1. The fourth-order valence-electron chi connectivity index (χ4n) is 1.95. The van der Waals surface area contributed by atoms with Crippen LogP contribution in [0.1, 0.15) is 16.7 Å². The average Bonchev–Trinajstić information content (AvgIpc) is 2.43. The highest BCUT2D eigenvalue weighted by atomic mass is 35.5. The van der Waals surface area contributed by atoms with E-state index in [1.807, 2.05) is 43.3 Å². The SMILES string of the molecule is Cc1cccc(Cl)c1NC(=O)Cc1ccc(C(N)=S)cc1. The third kappa shape index (κ3) is 4.03. The van der Waals surface area contributed by atoms with Gasteiger partial charge >= 0.3 is 0 Å². The maximum atomic E-state index is 12.1. The Hall–Kier alpha value is -1.91. The van der Waals surface area contributed by atoms with Crippen LogP contribution in [-0.2, 0) is 11.2 Å². The van der Waals surface area contributed by atoms with E-state index in [4.69, 9.17) is 29.6 Å². The van der Waals surface area contributed by atoms with Gasteiger partial charge in [0.05, 0.1) is 17.1 Å². The number of nitrogens with two attached hydrogens (primary N) is 1. The summed E-state index contributed by atoms with van der Waals surface area (Å²) in [5, 5.41) is 3.38. The van der Waals surface area contributed by atoms with Gasteiger partial charge in [-0.25, -0.2) is 0 Å². The predicted octanol–water partition coefficient (Wildman–Crippen LogP) is 3.46. The largest absolute Gasteiger partial charge is 0.389 e. The van der Waals surface area contributed by atoms with Crippen molar-refractivity contribution in [3.63, 3.8) is 0 Å².